The lowest BCUT2D eigenvalue weighted by atomic mass is 9.84. The number of anilines is 1. The molecule has 0 bridgehead atoms. The third kappa shape index (κ3) is 3.82. The van der Waals surface area contributed by atoms with Crippen LogP contribution in [0.5, 0.6) is 0 Å². The first-order chi connectivity index (χ1) is 11.3. The standard InChI is InChI=1S/C19H20ClNO3/c1-11-12(2)19(24)14(13(3)18(11)23)7-6-10-17(22)21-16-9-5-4-8-15(16)20/h4-5,8-9H,6-7,10H2,1-3H3,(H,21,22). The summed E-state index contributed by atoms with van der Waals surface area (Å²) in [5.74, 6) is -0.335. The Bertz CT molecular complexity index is 775. The van der Waals surface area contributed by atoms with Crippen molar-refractivity contribution in [1.29, 1.82) is 0 Å². The zero-order chi connectivity index (χ0) is 17.9. The number of amides is 1. The lowest BCUT2D eigenvalue weighted by molar-refractivity contribution is -0.117. The highest BCUT2D eigenvalue weighted by Gasteiger charge is 2.27. The maximum absolute atomic E-state index is 12.3. The second-order valence-corrected chi connectivity index (χ2v) is 6.30. The van der Waals surface area contributed by atoms with Gasteiger partial charge in [0.25, 0.3) is 0 Å². The smallest absolute Gasteiger partial charge is 0.224 e. The molecule has 2 rings (SSSR count). The van der Waals surface area contributed by atoms with Gasteiger partial charge in [-0.3, -0.25) is 14.4 Å². The Hall–Kier alpha value is -2.20. The van der Waals surface area contributed by atoms with Gasteiger partial charge in [-0.25, -0.2) is 0 Å². The highest BCUT2D eigenvalue weighted by molar-refractivity contribution is 6.33. The van der Waals surface area contributed by atoms with Crippen molar-refractivity contribution in [2.75, 3.05) is 5.32 Å². The van der Waals surface area contributed by atoms with Gasteiger partial charge >= 0.3 is 0 Å². The van der Waals surface area contributed by atoms with E-state index in [9.17, 15) is 14.4 Å². The van der Waals surface area contributed by atoms with Gasteiger partial charge in [0.2, 0.25) is 5.91 Å². The minimum absolute atomic E-state index is 0.0809. The van der Waals surface area contributed by atoms with E-state index in [-0.39, 0.29) is 23.9 Å². The second kappa shape index (κ2) is 7.58. The van der Waals surface area contributed by atoms with Gasteiger partial charge in [0.1, 0.15) is 0 Å². The number of carbonyl (C=O) groups excluding carboxylic acids is 3. The van der Waals surface area contributed by atoms with Gasteiger partial charge in [-0.2, -0.15) is 0 Å². The molecule has 0 aromatic heterocycles. The summed E-state index contributed by atoms with van der Waals surface area (Å²) in [7, 11) is 0. The molecule has 1 aliphatic rings. The molecular weight excluding hydrogens is 326 g/mol. The first-order valence-corrected chi connectivity index (χ1v) is 8.21. The number of halogens is 1. The summed E-state index contributed by atoms with van der Waals surface area (Å²) in [6.07, 6.45) is 1.16. The quantitative estimate of drug-likeness (QED) is 0.811. The molecule has 0 saturated heterocycles. The number of ketones is 2. The van der Waals surface area contributed by atoms with E-state index in [2.05, 4.69) is 5.32 Å². The average Bonchev–Trinajstić information content (AvgIpc) is 2.56. The Kier molecular flexibility index (Phi) is 5.73. The lowest BCUT2D eigenvalue weighted by Crippen LogP contribution is -2.21. The Morgan fingerprint density at radius 2 is 1.62 bits per heavy atom. The van der Waals surface area contributed by atoms with E-state index >= 15 is 0 Å². The fourth-order valence-electron chi connectivity index (χ4n) is 2.66. The van der Waals surface area contributed by atoms with Crippen LogP contribution in [0.25, 0.3) is 0 Å². The zero-order valence-electron chi connectivity index (χ0n) is 14.0. The van der Waals surface area contributed by atoms with Crippen LogP contribution in [0.2, 0.25) is 5.02 Å². The first kappa shape index (κ1) is 18.1. The number of benzene rings is 1. The average molecular weight is 346 g/mol. The summed E-state index contributed by atoms with van der Waals surface area (Å²) in [6, 6.07) is 7.01. The monoisotopic (exact) mass is 345 g/mol. The van der Waals surface area contributed by atoms with Crippen LogP contribution in [0, 0.1) is 0 Å². The molecule has 0 saturated carbocycles. The largest absolute Gasteiger partial charge is 0.325 e. The van der Waals surface area contributed by atoms with Crippen molar-refractivity contribution in [3.05, 3.63) is 51.6 Å². The molecular formula is C19H20ClNO3. The zero-order valence-corrected chi connectivity index (χ0v) is 14.8. The molecule has 1 N–H and O–H groups in total. The van der Waals surface area contributed by atoms with Crippen molar-refractivity contribution in [3.8, 4) is 0 Å². The van der Waals surface area contributed by atoms with E-state index in [0.717, 1.165) is 0 Å². The Balaban J connectivity index is 1.95. The summed E-state index contributed by atoms with van der Waals surface area (Å²) in [6.45, 7) is 5.02. The predicted octanol–water partition coefficient (Wildman–Crippen LogP) is 4.25. The normalized spacial score (nSPS) is 15.2. The van der Waals surface area contributed by atoms with Crippen LogP contribution in [-0.4, -0.2) is 17.5 Å². The van der Waals surface area contributed by atoms with E-state index in [4.69, 9.17) is 11.6 Å². The van der Waals surface area contributed by atoms with Crippen LogP contribution in [0.1, 0.15) is 40.0 Å². The van der Waals surface area contributed by atoms with Crippen LogP contribution < -0.4 is 5.32 Å². The van der Waals surface area contributed by atoms with Gasteiger partial charge < -0.3 is 5.32 Å². The number of rotatable bonds is 5. The Morgan fingerprint density at radius 3 is 2.29 bits per heavy atom. The maximum atomic E-state index is 12.3. The van der Waals surface area contributed by atoms with Gasteiger partial charge in [-0.05, 0) is 45.7 Å². The fraction of sp³-hybridized carbons (Fsp3) is 0.316. The molecule has 1 aromatic rings. The molecule has 1 aliphatic carbocycles. The summed E-state index contributed by atoms with van der Waals surface area (Å²) in [4.78, 5) is 36.4. The Labute approximate surface area is 146 Å². The molecule has 0 heterocycles. The molecule has 0 fully saturated rings. The fourth-order valence-corrected chi connectivity index (χ4v) is 2.84. The van der Waals surface area contributed by atoms with Crippen molar-refractivity contribution in [1.82, 2.24) is 0 Å². The van der Waals surface area contributed by atoms with E-state index in [0.29, 0.717) is 45.8 Å². The third-order valence-corrected chi connectivity index (χ3v) is 4.62. The first-order valence-electron chi connectivity index (χ1n) is 7.84. The van der Waals surface area contributed by atoms with Gasteiger partial charge in [0.05, 0.1) is 10.7 Å². The number of para-hydroxylation sites is 1. The summed E-state index contributed by atoms with van der Waals surface area (Å²) >= 11 is 6.00. The summed E-state index contributed by atoms with van der Waals surface area (Å²) in [5.41, 5.74) is 2.60. The van der Waals surface area contributed by atoms with E-state index < -0.39 is 0 Å². The molecule has 1 amide bonds. The molecule has 1 aromatic carbocycles. The topological polar surface area (TPSA) is 63.2 Å². The van der Waals surface area contributed by atoms with Gasteiger partial charge in [0.15, 0.2) is 11.6 Å². The molecule has 0 aliphatic heterocycles. The van der Waals surface area contributed by atoms with Crippen molar-refractivity contribution < 1.29 is 14.4 Å². The van der Waals surface area contributed by atoms with Crippen molar-refractivity contribution in [2.24, 2.45) is 0 Å². The molecule has 0 unspecified atom stereocenters. The van der Waals surface area contributed by atoms with Crippen molar-refractivity contribution >= 4 is 34.8 Å². The van der Waals surface area contributed by atoms with Crippen LogP contribution in [-0.2, 0) is 14.4 Å². The van der Waals surface area contributed by atoms with Crippen LogP contribution in [0.15, 0.2) is 46.6 Å². The molecule has 0 radical (unpaired) electrons. The molecule has 0 atom stereocenters. The number of hydrogen-bond acceptors (Lipinski definition) is 3. The van der Waals surface area contributed by atoms with Crippen molar-refractivity contribution in [2.45, 2.75) is 40.0 Å². The van der Waals surface area contributed by atoms with Gasteiger partial charge in [-0.15, -0.1) is 0 Å². The predicted molar refractivity (Wildman–Crippen MR) is 95.0 cm³/mol. The summed E-state index contributed by atoms with van der Waals surface area (Å²) < 4.78 is 0. The minimum atomic E-state index is -0.167. The van der Waals surface area contributed by atoms with Crippen LogP contribution in [0.4, 0.5) is 5.69 Å². The third-order valence-electron chi connectivity index (χ3n) is 4.29. The molecule has 126 valence electrons. The second-order valence-electron chi connectivity index (χ2n) is 5.89. The van der Waals surface area contributed by atoms with Crippen molar-refractivity contribution in [3.63, 3.8) is 0 Å². The van der Waals surface area contributed by atoms with Gasteiger partial charge in [-0.1, -0.05) is 23.7 Å². The highest BCUT2D eigenvalue weighted by Crippen LogP contribution is 2.27. The number of Topliss-reactive ketones (excluding diaryl/α,β-unsaturated/α-hetero) is 2. The molecule has 5 heteroatoms. The molecule has 24 heavy (non-hydrogen) atoms. The van der Waals surface area contributed by atoms with E-state index in [1.54, 1.807) is 45.0 Å². The highest BCUT2D eigenvalue weighted by atomic mass is 35.5. The number of carbonyl (C=O) groups is 3. The van der Waals surface area contributed by atoms with Crippen LogP contribution >= 0.6 is 11.6 Å². The number of hydrogen-bond donors (Lipinski definition) is 1. The summed E-state index contributed by atoms with van der Waals surface area (Å²) in [5, 5.41) is 3.23. The molecule has 4 nitrogen and oxygen atoms in total. The van der Waals surface area contributed by atoms with Crippen LogP contribution in [0.3, 0.4) is 0 Å². The van der Waals surface area contributed by atoms with E-state index in [1.165, 1.54) is 0 Å². The number of nitrogens with one attached hydrogen (secondary N) is 1. The minimum Gasteiger partial charge on any atom is -0.325 e. The molecule has 0 spiro atoms. The maximum Gasteiger partial charge on any atom is 0.224 e. The Morgan fingerprint density at radius 1 is 1.00 bits per heavy atom. The van der Waals surface area contributed by atoms with E-state index in [1.807, 2.05) is 0 Å². The van der Waals surface area contributed by atoms with Gasteiger partial charge in [0, 0.05) is 28.7 Å². The lowest BCUT2D eigenvalue weighted by Gasteiger charge is -2.18. The SMILES string of the molecule is CC1=C(C)C(=O)C(CCCC(=O)Nc2ccccc2Cl)=C(C)C1=O. The number of allylic oxidation sites excluding steroid dienone is 4.